The largest absolute Gasteiger partial charge is 0.497 e. The van der Waals surface area contributed by atoms with Gasteiger partial charge in [-0.25, -0.2) is 9.97 Å². The van der Waals surface area contributed by atoms with Crippen molar-refractivity contribution in [2.75, 3.05) is 7.11 Å². The van der Waals surface area contributed by atoms with Gasteiger partial charge in [-0.1, -0.05) is 0 Å². The lowest BCUT2D eigenvalue weighted by Gasteiger charge is -2.01. The summed E-state index contributed by atoms with van der Waals surface area (Å²) in [6.45, 7) is 0. The summed E-state index contributed by atoms with van der Waals surface area (Å²) in [5.41, 5.74) is 2.79. The van der Waals surface area contributed by atoms with E-state index in [9.17, 15) is 0 Å². The Labute approximate surface area is 109 Å². The van der Waals surface area contributed by atoms with Gasteiger partial charge in [-0.2, -0.15) is 0 Å². The fraction of sp³-hybridized carbons (Fsp3) is 0.0769. The predicted molar refractivity (Wildman–Crippen MR) is 70.9 cm³/mol. The van der Waals surface area contributed by atoms with Crippen LogP contribution in [0.4, 0.5) is 0 Å². The molecule has 18 heavy (non-hydrogen) atoms. The Balaban J connectivity index is 2.18. The Morgan fingerprint density at radius 3 is 2.94 bits per heavy atom. The maximum Gasteiger partial charge on any atom is 0.222 e. The van der Waals surface area contributed by atoms with Crippen molar-refractivity contribution in [2.45, 2.75) is 0 Å². The summed E-state index contributed by atoms with van der Waals surface area (Å²) >= 11 is 5.81. The summed E-state index contributed by atoms with van der Waals surface area (Å²) in [7, 11) is 1.65. The molecule has 0 saturated heterocycles. The summed E-state index contributed by atoms with van der Waals surface area (Å²) < 4.78 is 5.19. The minimum absolute atomic E-state index is 0.246. The molecule has 1 N–H and O–H groups in total. The Hall–Kier alpha value is -2.07. The first-order valence-corrected chi connectivity index (χ1v) is 5.80. The van der Waals surface area contributed by atoms with Gasteiger partial charge in [0, 0.05) is 34.9 Å². The van der Waals surface area contributed by atoms with Crippen LogP contribution in [0.3, 0.4) is 0 Å². The fourth-order valence-corrected chi connectivity index (χ4v) is 2.08. The molecule has 0 aliphatic rings. The van der Waals surface area contributed by atoms with Crippen LogP contribution >= 0.6 is 11.6 Å². The van der Waals surface area contributed by atoms with Crippen molar-refractivity contribution in [3.63, 3.8) is 0 Å². The highest BCUT2D eigenvalue weighted by Crippen LogP contribution is 2.29. The zero-order chi connectivity index (χ0) is 12.5. The first-order valence-electron chi connectivity index (χ1n) is 5.42. The maximum atomic E-state index is 5.81. The van der Waals surface area contributed by atoms with Crippen molar-refractivity contribution in [1.82, 2.24) is 15.0 Å². The van der Waals surface area contributed by atoms with E-state index in [2.05, 4.69) is 15.0 Å². The fourth-order valence-electron chi connectivity index (χ4n) is 1.93. The number of ether oxygens (including phenoxy) is 1. The van der Waals surface area contributed by atoms with Gasteiger partial charge in [-0.05, 0) is 29.8 Å². The molecule has 0 spiro atoms. The monoisotopic (exact) mass is 259 g/mol. The van der Waals surface area contributed by atoms with Crippen molar-refractivity contribution in [2.24, 2.45) is 0 Å². The molecule has 3 rings (SSSR count). The molecular weight excluding hydrogens is 250 g/mol. The molecule has 2 heterocycles. The van der Waals surface area contributed by atoms with Gasteiger partial charge in [-0.15, -0.1) is 0 Å². The Morgan fingerprint density at radius 2 is 2.17 bits per heavy atom. The van der Waals surface area contributed by atoms with Gasteiger partial charge in [0.2, 0.25) is 5.28 Å². The lowest BCUT2D eigenvalue weighted by molar-refractivity contribution is 0.415. The van der Waals surface area contributed by atoms with Crippen molar-refractivity contribution >= 4 is 22.5 Å². The Kier molecular flexibility index (Phi) is 2.64. The minimum atomic E-state index is 0.246. The molecule has 3 aromatic rings. The first-order chi connectivity index (χ1) is 8.78. The van der Waals surface area contributed by atoms with Crippen LogP contribution in [-0.2, 0) is 0 Å². The zero-order valence-electron chi connectivity index (χ0n) is 9.64. The number of rotatable bonds is 2. The predicted octanol–water partition coefficient (Wildman–Crippen LogP) is 3.29. The van der Waals surface area contributed by atoms with Crippen molar-refractivity contribution in [3.8, 4) is 17.0 Å². The van der Waals surface area contributed by atoms with Crippen LogP contribution in [0.25, 0.3) is 22.2 Å². The van der Waals surface area contributed by atoms with Gasteiger partial charge >= 0.3 is 0 Å². The minimum Gasteiger partial charge on any atom is -0.497 e. The number of fused-ring (bicyclic) bond motifs is 1. The number of aromatic amines is 1. The van der Waals surface area contributed by atoms with E-state index in [1.54, 1.807) is 13.3 Å². The molecule has 5 heteroatoms. The quantitative estimate of drug-likeness (QED) is 0.719. The smallest absolute Gasteiger partial charge is 0.222 e. The highest BCUT2D eigenvalue weighted by Gasteiger charge is 2.08. The summed E-state index contributed by atoms with van der Waals surface area (Å²) in [4.78, 5) is 11.3. The molecule has 0 atom stereocenters. The molecule has 90 valence electrons. The molecule has 0 fully saturated rings. The molecule has 0 aliphatic carbocycles. The van der Waals surface area contributed by atoms with Gasteiger partial charge in [-0.3, -0.25) is 0 Å². The van der Waals surface area contributed by atoms with Gasteiger partial charge in [0.25, 0.3) is 0 Å². The number of nitrogens with zero attached hydrogens (tertiary/aromatic N) is 2. The number of H-pyrrole nitrogens is 1. The van der Waals surface area contributed by atoms with Crippen LogP contribution in [0.15, 0.2) is 36.7 Å². The molecule has 0 amide bonds. The van der Waals surface area contributed by atoms with Crippen LogP contribution in [0, 0.1) is 0 Å². The van der Waals surface area contributed by atoms with E-state index in [0.29, 0.717) is 0 Å². The summed E-state index contributed by atoms with van der Waals surface area (Å²) in [6, 6.07) is 7.69. The zero-order valence-corrected chi connectivity index (χ0v) is 10.4. The van der Waals surface area contributed by atoms with Crippen molar-refractivity contribution in [1.29, 1.82) is 0 Å². The van der Waals surface area contributed by atoms with E-state index in [-0.39, 0.29) is 5.28 Å². The normalized spacial score (nSPS) is 10.8. The molecular formula is C13H10ClN3O. The second kappa shape index (κ2) is 4.31. The second-order valence-corrected chi connectivity index (χ2v) is 4.16. The molecule has 4 nitrogen and oxygen atoms in total. The molecule has 0 aliphatic heterocycles. The molecule has 1 aromatic carbocycles. The number of halogens is 1. The van der Waals surface area contributed by atoms with E-state index < -0.39 is 0 Å². The van der Waals surface area contributed by atoms with E-state index >= 15 is 0 Å². The molecule has 0 bridgehead atoms. The van der Waals surface area contributed by atoms with Crippen LogP contribution in [0.5, 0.6) is 5.75 Å². The highest BCUT2D eigenvalue weighted by atomic mass is 35.5. The average Bonchev–Trinajstić information content (AvgIpc) is 2.81. The number of benzene rings is 1. The van der Waals surface area contributed by atoms with Crippen LogP contribution < -0.4 is 4.74 Å². The van der Waals surface area contributed by atoms with Crippen molar-refractivity contribution < 1.29 is 4.74 Å². The third-order valence-corrected chi connectivity index (χ3v) is 2.97. The number of methoxy groups -OCH3 is 1. The highest BCUT2D eigenvalue weighted by molar-refractivity contribution is 6.28. The van der Waals surface area contributed by atoms with Crippen LogP contribution in [0.2, 0.25) is 5.28 Å². The number of hydrogen-bond donors (Lipinski definition) is 1. The molecule has 0 radical (unpaired) electrons. The standard InChI is InChI=1S/C13H10ClN3O/c1-18-8-2-3-9-10(7-16-12(9)6-8)11-4-5-15-13(14)17-11/h2-7,16H,1H3. The van der Waals surface area contributed by atoms with E-state index in [1.807, 2.05) is 30.5 Å². The summed E-state index contributed by atoms with van der Waals surface area (Å²) in [6.07, 6.45) is 3.55. The van der Waals surface area contributed by atoms with Gasteiger partial charge in [0.15, 0.2) is 0 Å². The number of hydrogen-bond acceptors (Lipinski definition) is 3. The molecule has 2 aromatic heterocycles. The third kappa shape index (κ3) is 1.80. The van der Waals surface area contributed by atoms with Crippen LogP contribution in [-0.4, -0.2) is 22.1 Å². The van der Waals surface area contributed by atoms with Gasteiger partial charge < -0.3 is 9.72 Å². The van der Waals surface area contributed by atoms with Gasteiger partial charge in [0.05, 0.1) is 12.8 Å². The summed E-state index contributed by atoms with van der Waals surface area (Å²) in [5, 5.41) is 1.32. The lowest BCUT2D eigenvalue weighted by Crippen LogP contribution is -1.85. The Bertz CT molecular complexity index is 708. The first kappa shape index (κ1) is 11.0. The topological polar surface area (TPSA) is 50.8 Å². The molecule has 0 unspecified atom stereocenters. The number of aromatic nitrogens is 3. The van der Waals surface area contributed by atoms with E-state index in [4.69, 9.17) is 16.3 Å². The summed E-state index contributed by atoms with van der Waals surface area (Å²) in [5.74, 6) is 0.816. The second-order valence-electron chi connectivity index (χ2n) is 3.82. The lowest BCUT2D eigenvalue weighted by atomic mass is 10.1. The van der Waals surface area contributed by atoms with E-state index in [0.717, 1.165) is 27.9 Å². The van der Waals surface area contributed by atoms with E-state index in [1.165, 1.54) is 0 Å². The SMILES string of the molecule is COc1ccc2c(-c3ccnc(Cl)n3)c[nH]c2c1. The van der Waals surface area contributed by atoms with Crippen molar-refractivity contribution in [3.05, 3.63) is 41.9 Å². The Morgan fingerprint density at radius 1 is 1.28 bits per heavy atom. The van der Waals surface area contributed by atoms with Crippen LogP contribution in [0.1, 0.15) is 0 Å². The molecule has 0 saturated carbocycles. The van der Waals surface area contributed by atoms with Gasteiger partial charge in [0.1, 0.15) is 5.75 Å². The third-order valence-electron chi connectivity index (χ3n) is 2.79. The average molecular weight is 260 g/mol. The number of nitrogens with one attached hydrogen (secondary N) is 1. The maximum absolute atomic E-state index is 5.81.